The summed E-state index contributed by atoms with van der Waals surface area (Å²) < 4.78 is 5.40. The molecular formula is C10H14N2O3S. The van der Waals surface area contributed by atoms with E-state index in [1.807, 2.05) is 5.38 Å². The lowest BCUT2D eigenvalue weighted by Gasteiger charge is -2.35. The van der Waals surface area contributed by atoms with Gasteiger partial charge in [-0.25, -0.2) is 9.78 Å². The van der Waals surface area contributed by atoms with Crippen molar-refractivity contribution >= 4 is 17.4 Å². The van der Waals surface area contributed by atoms with Crippen molar-refractivity contribution in [3.05, 3.63) is 16.6 Å². The third kappa shape index (κ3) is 2.17. The van der Waals surface area contributed by atoms with Crippen LogP contribution in [0.1, 0.15) is 17.3 Å². The minimum absolute atomic E-state index is 0.0647. The predicted octanol–water partition coefficient (Wildman–Crippen LogP) is 1.63. The molecule has 16 heavy (non-hydrogen) atoms. The Morgan fingerprint density at radius 1 is 1.75 bits per heavy atom. The smallest absolute Gasteiger partial charge is 0.407 e. The molecule has 0 bridgehead atoms. The van der Waals surface area contributed by atoms with E-state index in [0.717, 1.165) is 11.4 Å². The number of amides is 1. The second-order valence-corrected chi connectivity index (χ2v) is 4.69. The molecule has 0 aliphatic carbocycles. The van der Waals surface area contributed by atoms with Crippen LogP contribution in [-0.4, -0.2) is 47.4 Å². The van der Waals surface area contributed by atoms with Crippen LogP contribution in [0.25, 0.3) is 0 Å². The fourth-order valence-electron chi connectivity index (χ4n) is 2.04. The Bertz CT molecular complexity index is 355. The number of hydrogen-bond acceptors (Lipinski definition) is 4. The van der Waals surface area contributed by atoms with E-state index in [1.165, 1.54) is 4.90 Å². The number of ether oxygens (including phenoxy) is 1. The molecule has 1 aliphatic heterocycles. The van der Waals surface area contributed by atoms with Crippen LogP contribution in [0.15, 0.2) is 11.6 Å². The molecule has 5 nitrogen and oxygen atoms in total. The molecular weight excluding hydrogens is 228 g/mol. The number of methoxy groups -OCH3 is 1. The summed E-state index contributed by atoms with van der Waals surface area (Å²) >= 11 is 1.55. The molecule has 1 amide bonds. The maximum Gasteiger partial charge on any atom is 0.407 e. The van der Waals surface area contributed by atoms with Gasteiger partial charge in [0.05, 0.1) is 17.0 Å². The summed E-state index contributed by atoms with van der Waals surface area (Å²) in [4.78, 5) is 16.6. The molecule has 1 fully saturated rings. The van der Waals surface area contributed by atoms with E-state index in [0.29, 0.717) is 13.1 Å². The molecule has 1 aliphatic rings. The van der Waals surface area contributed by atoms with Gasteiger partial charge in [-0.2, -0.15) is 0 Å². The van der Waals surface area contributed by atoms with Gasteiger partial charge in [-0.1, -0.05) is 0 Å². The lowest BCUT2D eigenvalue weighted by Crippen LogP contribution is -2.44. The lowest BCUT2D eigenvalue weighted by atomic mass is 9.95. The molecule has 88 valence electrons. The largest absolute Gasteiger partial charge is 0.465 e. The van der Waals surface area contributed by atoms with Crippen LogP contribution in [-0.2, 0) is 4.74 Å². The highest BCUT2D eigenvalue weighted by Gasteiger charge is 2.33. The van der Waals surface area contributed by atoms with Crippen molar-refractivity contribution in [2.45, 2.75) is 18.4 Å². The van der Waals surface area contributed by atoms with Gasteiger partial charge in [0.15, 0.2) is 0 Å². The van der Waals surface area contributed by atoms with E-state index in [2.05, 4.69) is 4.98 Å². The van der Waals surface area contributed by atoms with Crippen molar-refractivity contribution in [2.75, 3.05) is 20.2 Å². The summed E-state index contributed by atoms with van der Waals surface area (Å²) in [5, 5.41) is 11.8. The predicted molar refractivity (Wildman–Crippen MR) is 59.9 cm³/mol. The number of hydrogen-bond donors (Lipinski definition) is 1. The summed E-state index contributed by atoms with van der Waals surface area (Å²) in [6.45, 7) is 1.01. The van der Waals surface area contributed by atoms with Crippen LogP contribution >= 0.6 is 11.3 Å². The fourth-order valence-corrected chi connectivity index (χ4v) is 2.83. The average Bonchev–Trinajstić information content (AvgIpc) is 2.81. The Balaban J connectivity index is 2.14. The van der Waals surface area contributed by atoms with Crippen LogP contribution in [0.3, 0.4) is 0 Å². The standard InChI is InChI=1S/C10H14N2O3S/c1-15-8-2-4-12(10(13)14)6-7(8)9-11-3-5-16-9/h3,5,7-8H,2,4,6H2,1H3,(H,13,14)/t7-,8-/m1/s1. The van der Waals surface area contributed by atoms with E-state index in [-0.39, 0.29) is 12.0 Å². The highest BCUT2D eigenvalue weighted by atomic mass is 32.1. The fraction of sp³-hybridized carbons (Fsp3) is 0.600. The summed E-state index contributed by atoms with van der Waals surface area (Å²) in [5.74, 6) is 0.0647. The Labute approximate surface area is 97.7 Å². The highest BCUT2D eigenvalue weighted by molar-refractivity contribution is 7.09. The molecule has 0 aromatic carbocycles. The normalized spacial score (nSPS) is 25.7. The molecule has 0 radical (unpaired) electrons. The van der Waals surface area contributed by atoms with E-state index >= 15 is 0 Å². The van der Waals surface area contributed by atoms with Gasteiger partial charge in [-0.15, -0.1) is 11.3 Å². The Morgan fingerprint density at radius 3 is 3.12 bits per heavy atom. The minimum atomic E-state index is -0.865. The van der Waals surface area contributed by atoms with Crippen LogP contribution in [0.5, 0.6) is 0 Å². The van der Waals surface area contributed by atoms with Gasteiger partial charge in [0.25, 0.3) is 0 Å². The van der Waals surface area contributed by atoms with Crippen LogP contribution in [0.4, 0.5) is 4.79 Å². The first-order valence-corrected chi connectivity index (χ1v) is 6.00. The number of carboxylic acid groups (broad SMARTS) is 1. The average molecular weight is 242 g/mol. The quantitative estimate of drug-likeness (QED) is 0.856. The number of rotatable bonds is 2. The van der Waals surface area contributed by atoms with E-state index < -0.39 is 6.09 Å². The minimum Gasteiger partial charge on any atom is -0.465 e. The molecule has 2 atom stereocenters. The van der Waals surface area contributed by atoms with E-state index in [9.17, 15) is 4.79 Å². The maximum absolute atomic E-state index is 10.9. The van der Waals surface area contributed by atoms with Gasteiger partial charge in [0, 0.05) is 31.8 Å². The Kier molecular flexibility index (Phi) is 3.40. The van der Waals surface area contributed by atoms with Crippen LogP contribution in [0.2, 0.25) is 0 Å². The molecule has 1 N–H and O–H groups in total. The topological polar surface area (TPSA) is 62.7 Å². The third-order valence-electron chi connectivity index (χ3n) is 2.89. The molecule has 0 unspecified atom stereocenters. The molecule has 0 spiro atoms. The summed E-state index contributed by atoms with van der Waals surface area (Å²) in [6, 6.07) is 0. The van der Waals surface area contributed by atoms with Crippen molar-refractivity contribution in [1.29, 1.82) is 0 Å². The van der Waals surface area contributed by atoms with Gasteiger partial charge in [-0.05, 0) is 6.42 Å². The van der Waals surface area contributed by atoms with Crippen molar-refractivity contribution < 1.29 is 14.6 Å². The number of aromatic nitrogens is 1. The number of likely N-dealkylation sites (tertiary alicyclic amines) is 1. The molecule has 0 saturated carbocycles. The second kappa shape index (κ2) is 4.80. The number of nitrogens with zero attached hydrogens (tertiary/aromatic N) is 2. The second-order valence-electron chi connectivity index (χ2n) is 3.77. The SMILES string of the molecule is CO[C@@H]1CCN(C(=O)O)C[C@H]1c1nccs1. The van der Waals surface area contributed by atoms with Gasteiger partial charge in [0.2, 0.25) is 0 Å². The Hall–Kier alpha value is -1.14. The highest BCUT2D eigenvalue weighted by Crippen LogP contribution is 2.30. The van der Waals surface area contributed by atoms with Gasteiger partial charge < -0.3 is 14.7 Å². The zero-order valence-electron chi connectivity index (χ0n) is 9.00. The maximum atomic E-state index is 10.9. The van der Waals surface area contributed by atoms with Crippen molar-refractivity contribution in [3.63, 3.8) is 0 Å². The monoisotopic (exact) mass is 242 g/mol. The van der Waals surface area contributed by atoms with Crippen molar-refractivity contribution in [1.82, 2.24) is 9.88 Å². The first kappa shape index (κ1) is 11.3. The zero-order chi connectivity index (χ0) is 11.5. The number of carbonyl (C=O) groups is 1. The first-order valence-electron chi connectivity index (χ1n) is 5.12. The molecule has 2 rings (SSSR count). The van der Waals surface area contributed by atoms with E-state index in [1.54, 1.807) is 24.6 Å². The number of thiazole rings is 1. The third-order valence-corrected chi connectivity index (χ3v) is 3.80. The summed E-state index contributed by atoms with van der Waals surface area (Å²) in [5.41, 5.74) is 0. The van der Waals surface area contributed by atoms with Crippen LogP contribution in [0, 0.1) is 0 Å². The first-order chi connectivity index (χ1) is 7.72. The molecule has 1 aromatic heterocycles. The summed E-state index contributed by atoms with van der Waals surface area (Å²) in [6.07, 6.45) is 1.68. The van der Waals surface area contributed by atoms with Crippen LogP contribution < -0.4 is 0 Å². The van der Waals surface area contributed by atoms with Crippen molar-refractivity contribution in [3.8, 4) is 0 Å². The molecule has 1 aromatic rings. The molecule has 1 saturated heterocycles. The van der Waals surface area contributed by atoms with Gasteiger partial charge in [-0.3, -0.25) is 0 Å². The molecule has 6 heteroatoms. The molecule has 2 heterocycles. The van der Waals surface area contributed by atoms with Gasteiger partial charge >= 0.3 is 6.09 Å². The number of piperidine rings is 1. The van der Waals surface area contributed by atoms with E-state index in [4.69, 9.17) is 9.84 Å². The zero-order valence-corrected chi connectivity index (χ0v) is 9.81. The van der Waals surface area contributed by atoms with Crippen molar-refractivity contribution in [2.24, 2.45) is 0 Å². The summed E-state index contributed by atoms with van der Waals surface area (Å²) in [7, 11) is 1.67. The Morgan fingerprint density at radius 2 is 2.56 bits per heavy atom. The lowest BCUT2D eigenvalue weighted by molar-refractivity contribution is 0.0245. The van der Waals surface area contributed by atoms with Gasteiger partial charge in [0.1, 0.15) is 0 Å².